The first-order valence-corrected chi connectivity index (χ1v) is 12.2. The first kappa shape index (κ1) is 25.0. The highest BCUT2D eigenvalue weighted by molar-refractivity contribution is 6.31. The smallest absolute Gasteiger partial charge is 0.253 e. The minimum Gasteiger partial charge on any atom is -0.478 e. The highest BCUT2D eigenvalue weighted by Crippen LogP contribution is 2.40. The maximum atomic E-state index is 14.4. The van der Waals surface area contributed by atoms with Crippen molar-refractivity contribution in [3.63, 3.8) is 0 Å². The van der Waals surface area contributed by atoms with Gasteiger partial charge in [-0.2, -0.15) is 0 Å². The second-order valence-electron chi connectivity index (χ2n) is 9.05. The number of benzene rings is 2. The molecule has 0 aliphatic carbocycles. The molecule has 1 fully saturated rings. The Morgan fingerprint density at radius 3 is 2.49 bits per heavy atom. The first-order chi connectivity index (χ1) is 17.7. The van der Waals surface area contributed by atoms with Crippen molar-refractivity contribution in [3.8, 4) is 16.9 Å². The molecule has 0 unspecified atom stereocenters. The van der Waals surface area contributed by atoms with Gasteiger partial charge in [0.25, 0.3) is 5.91 Å². The Kier molecular flexibility index (Phi) is 6.74. The number of nitrogens with two attached hydrogens (primary N) is 1. The zero-order valence-corrected chi connectivity index (χ0v) is 21.1. The van der Waals surface area contributed by atoms with E-state index < -0.39 is 17.7 Å². The molecule has 3 heterocycles. The number of carbonyl (C=O) groups is 1. The summed E-state index contributed by atoms with van der Waals surface area (Å²) in [5.41, 5.74) is 8.36. The normalized spacial score (nSPS) is 15.2. The lowest BCUT2D eigenvalue weighted by Crippen LogP contribution is -2.47. The average molecular weight is 527 g/mol. The van der Waals surface area contributed by atoms with E-state index in [0.717, 1.165) is 30.8 Å². The molecule has 37 heavy (non-hydrogen) atoms. The Morgan fingerprint density at radius 2 is 1.78 bits per heavy atom. The van der Waals surface area contributed by atoms with Crippen LogP contribution in [0, 0.1) is 11.6 Å². The Hall–Kier alpha value is -3.69. The van der Waals surface area contributed by atoms with Crippen molar-refractivity contribution in [1.82, 2.24) is 14.8 Å². The molecule has 1 amide bonds. The molecular weight excluding hydrogens is 502 g/mol. The lowest BCUT2D eigenvalue weighted by atomic mass is 10.0. The molecule has 1 saturated heterocycles. The topological polar surface area (TPSA) is 84.8 Å². The standard InChI is InChI=1S/C27H25ClF2N4O3/c1-15(22-20(29)7-8-21(30)23(22)28)37-25-24-18(13-32-26(25)31)19(14-36-24)16-3-5-17(6-4-16)27(35)34-11-9-33(2)10-12-34/h3-8,13-15H,9-12H2,1-2H3,(H2,31,32)/t15-/m1/s1. The molecule has 0 bridgehead atoms. The van der Waals surface area contributed by atoms with Gasteiger partial charge in [-0.3, -0.25) is 4.79 Å². The van der Waals surface area contributed by atoms with Crippen molar-refractivity contribution >= 4 is 34.3 Å². The van der Waals surface area contributed by atoms with Crippen LogP contribution in [0.3, 0.4) is 0 Å². The van der Waals surface area contributed by atoms with Gasteiger partial charge in [0.2, 0.25) is 5.75 Å². The van der Waals surface area contributed by atoms with Crippen molar-refractivity contribution in [2.24, 2.45) is 0 Å². The molecule has 2 aromatic carbocycles. The number of amides is 1. The largest absolute Gasteiger partial charge is 0.478 e. The van der Waals surface area contributed by atoms with Crippen LogP contribution in [0.1, 0.15) is 28.9 Å². The van der Waals surface area contributed by atoms with Gasteiger partial charge >= 0.3 is 0 Å². The Morgan fingerprint density at radius 1 is 1.11 bits per heavy atom. The van der Waals surface area contributed by atoms with E-state index >= 15 is 0 Å². The van der Waals surface area contributed by atoms with E-state index in [-0.39, 0.29) is 28.1 Å². The highest BCUT2D eigenvalue weighted by Gasteiger charge is 2.24. The number of pyridine rings is 1. The van der Waals surface area contributed by atoms with Crippen LogP contribution in [0.25, 0.3) is 22.1 Å². The second kappa shape index (κ2) is 9.99. The summed E-state index contributed by atoms with van der Waals surface area (Å²) in [6, 6.07) is 9.20. The number of anilines is 1. The SMILES string of the molecule is C[C@@H](Oc1c(N)ncc2c(-c3ccc(C(=O)N4CCN(C)CC4)cc3)coc12)c1c(F)ccc(F)c1Cl. The van der Waals surface area contributed by atoms with Crippen LogP contribution in [-0.4, -0.2) is 53.9 Å². The molecule has 1 atom stereocenters. The third-order valence-electron chi connectivity index (χ3n) is 6.61. The van der Waals surface area contributed by atoms with E-state index in [2.05, 4.69) is 9.88 Å². The van der Waals surface area contributed by atoms with Crippen LogP contribution < -0.4 is 10.5 Å². The lowest BCUT2D eigenvalue weighted by Gasteiger charge is -2.32. The third kappa shape index (κ3) is 4.72. The lowest BCUT2D eigenvalue weighted by molar-refractivity contribution is 0.0664. The van der Waals surface area contributed by atoms with Crippen LogP contribution in [0.2, 0.25) is 5.02 Å². The van der Waals surface area contributed by atoms with Gasteiger partial charge in [0.05, 0.1) is 16.7 Å². The van der Waals surface area contributed by atoms with Gasteiger partial charge in [0.1, 0.15) is 17.7 Å². The fourth-order valence-electron chi connectivity index (χ4n) is 4.45. The average Bonchev–Trinajstić information content (AvgIpc) is 3.33. The van der Waals surface area contributed by atoms with Crippen LogP contribution >= 0.6 is 11.6 Å². The number of hydrogen-bond donors (Lipinski definition) is 1. The molecule has 2 N–H and O–H groups in total. The molecule has 5 rings (SSSR count). The molecule has 192 valence electrons. The molecule has 1 aliphatic heterocycles. The van der Waals surface area contributed by atoms with Crippen LogP contribution in [0.15, 0.2) is 53.3 Å². The molecule has 0 radical (unpaired) electrons. The molecule has 2 aromatic heterocycles. The number of carbonyl (C=O) groups excluding carboxylic acids is 1. The van der Waals surface area contributed by atoms with Gasteiger partial charge in [0, 0.05) is 49.1 Å². The van der Waals surface area contributed by atoms with E-state index in [1.807, 2.05) is 24.1 Å². The maximum absolute atomic E-state index is 14.4. The fourth-order valence-corrected chi connectivity index (χ4v) is 4.76. The van der Waals surface area contributed by atoms with Crippen molar-refractivity contribution in [1.29, 1.82) is 0 Å². The summed E-state index contributed by atoms with van der Waals surface area (Å²) in [4.78, 5) is 21.1. The Bertz CT molecular complexity index is 1470. The van der Waals surface area contributed by atoms with Gasteiger partial charge in [-0.15, -0.1) is 0 Å². The Labute approximate surface area is 217 Å². The second-order valence-corrected chi connectivity index (χ2v) is 9.43. The monoisotopic (exact) mass is 526 g/mol. The first-order valence-electron chi connectivity index (χ1n) is 11.8. The van der Waals surface area contributed by atoms with Crippen molar-refractivity contribution in [2.45, 2.75) is 13.0 Å². The van der Waals surface area contributed by atoms with Crippen molar-refractivity contribution < 1.29 is 22.7 Å². The predicted molar refractivity (Wildman–Crippen MR) is 138 cm³/mol. The summed E-state index contributed by atoms with van der Waals surface area (Å²) in [6.45, 7) is 4.62. The molecule has 0 saturated carbocycles. The van der Waals surface area contributed by atoms with Gasteiger partial charge in [-0.05, 0) is 43.8 Å². The number of ether oxygens (including phenoxy) is 1. The van der Waals surface area contributed by atoms with E-state index in [4.69, 9.17) is 26.5 Å². The summed E-state index contributed by atoms with van der Waals surface area (Å²) in [5.74, 6) is -1.34. The number of furan rings is 1. The summed E-state index contributed by atoms with van der Waals surface area (Å²) in [7, 11) is 2.04. The molecule has 0 spiro atoms. The van der Waals surface area contributed by atoms with Gasteiger partial charge in [-0.1, -0.05) is 23.7 Å². The number of hydrogen-bond acceptors (Lipinski definition) is 6. The van der Waals surface area contributed by atoms with Crippen LogP contribution in [0.5, 0.6) is 5.75 Å². The van der Waals surface area contributed by atoms with Crippen molar-refractivity contribution in [2.75, 3.05) is 39.0 Å². The van der Waals surface area contributed by atoms with Gasteiger partial charge in [-0.25, -0.2) is 13.8 Å². The molecule has 7 nitrogen and oxygen atoms in total. The summed E-state index contributed by atoms with van der Waals surface area (Å²) >= 11 is 6.00. The molecule has 10 heteroatoms. The number of likely N-dealkylation sites (N-methyl/N-ethyl adjacent to an activating group) is 1. The minimum atomic E-state index is -0.980. The summed E-state index contributed by atoms with van der Waals surface area (Å²) in [5, 5.41) is 0.248. The van der Waals surface area contributed by atoms with Crippen molar-refractivity contribution in [3.05, 3.63) is 76.6 Å². The van der Waals surface area contributed by atoms with E-state index in [9.17, 15) is 13.6 Å². The number of nitrogens with zero attached hydrogens (tertiary/aromatic N) is 3. The number of halogens is 3. The number of rotatable bonds is 5. The number of nitrogen functional groups attached to an aromatic ring is 1. The molecule has 1 aliphatic rings. The highest BCUT2D eigenvalue weighted by atomic mass is 35.5. The quantitative estimate of drug-likeness (QED) is 0.344. The number of aromatic nitrogens is 1. The molecule has 4 aromatic rings. The Balaban J connectivity index is 1.43. The van der Waals surface area contributed by atoms with Gasteiger partial charge < -0.3 is 24.7 Å². The van der Waals surface area contributed by atoms with Crippen LogP contribution in [0.4, 0.5) is 14.6 Å². The molecular formula is C27H25ClF2N4O3. The predicted octanol–water partition coefficient (Wildman–Crippen LogP) is 5.54. The van der Waals surface area contributed by atoms with E-state index in [1.54, 1.807) is 18.3 Å². The number of piperazine rings is 1. The minimum absolute atomic E-state index is 0.000873. The zero-order valence-electron chi connectivity index (χ0n) is 20.3. The summed E-state index contributed by atoms with van der Waals surface area (Å²) in [6.07, 6.45) is 2.11. The third-order valence-corrected chi connectivity index (χ3v) is 7.00. The van der Waals surface area contributed by atoms with Crippen LogP contribution in [-0.2, 0) is 0 Å². The number of fused-ring (bicyclic) bond motifs is 1. The van der Waals surface area contributed by atoms with Gasteiger partial charge in [0.15, 0.2) is 11.4 Å². The van der Waals surface area contributed by atoms with E-state index in [0.29, 0.717) is 35.2 Å². The fraction of sp³-hybridized carbons (Fsp3) is 0.259. The zero-order chi connectivity index (χ0) is 26.3. The van der Waals surface area contributed by atoms with E-state index in [1.165, 1.54) is 13.2 Å². The summed E-state index contributed by atoms with van der Waals surface area (Å²) < 4.78 is 40.1. The maximum Gasteiger partial charge on any atom is 0.253 e.